The summed E-state index contributed by atoms with van der Waals surface area (Å²) in [6.07, 6.45) is 5.89. The van der Waals surface area contributed by atoms with Gasteiger partial charge in [0.05, 0.1) is 0 Å². The Kier molecular flexibility index (Phi) is 5.58. The molecule has 0 atom stereocenters. The maximum atomic E-state index is 13.1. The fraction of sp³-hybridized carbons (Fsp3) is 0.208. The minimum atomic E-state index is -0.226. The zero-order valence-corrected chi connectivity index (χ0v) is 15.6. The van der Waals surface area contributed by atoms with Crippen LogP contribution in [0.2, 0.25) is 0 Å². The lowest BCUT2D eigenvalue weighted by Gasteiger charge is -2.26. The molecule has 142 valence electrons. The Hall–Kier alpha value is -2.85. The summed E-state index contributed by atoms with van der Waals surface area (Å²) in [5.74, 6) is -0.423. The molecule has 4 rings (SSSR count). The molecule has 4 heteroatoms. The van der Waals surface area contributed by atoms with Crippen LogP contribution in [-0.2, 0) is 6.42 Å². The van der Waals surface area contributed by atoms with E-state index in [0.29, 0.717) is 0 Å². The number of aromatic nitrogens is 1. The van der Waals surface area contributed by atoms with E-state index in [2.05, 4.69) is 22.0 Å². The summed E-state index contributed by atoms with van der Waals surface area (Å²) < 4.78 is 26.2. The van der Waals surface area contributed by atoms with Gasteiger partial charge < -0.3 is 0 Å². The summed E-state index contributed by atoms with van der Waals surface area (Å²) in [6.45, 7) is 2.82. The zero-order chi connectivity index (χ0) is 19.3. The summed E-state index contributed by atoms with van der Waals surface area (Å²) in [4.78, 5) is 6.89. The first-order valence-electron chi connectivity index (χ1n) is 9.55. The summed E-state index contributed by atoms with van der Waals surface area (Å²) >= 11 is 0. The highest BCUT2D eigenvalue weighted by Gasteiger charge is 2.13. The topological polar surface area (TPSA) is 16.1 Å². The van der Waals surface area contributed by atoms with Gasteiger partial charge in [0.25, 0.3) is 0 Å². The van der Waals surface area contributed by atoms with Crippen LogP contribution in [0.1, 0.15) is 17.7 Å². The van der Waals surface area contributed by atoms with Gasteiger partial charge in [-0.2, -0.15) is 0 Å². The first-order valence-corrected chi connectivity index (χ1v) is 9.55. The molecule has 0 radical (unpaired) electrons. The van der Waals surface area contributed by atoms with Gasteiger partial charge in [-0.1, -0.05) is 30.3 Å². The molecule has 0 aliphatic carbocycles. The normalized spacial score (nSPS) is 14.7. The lowest BCUT2D eigenvalue weighted by Crippen LogP contribution is -2.30. The Morgan fingerprint density at radius 2 is 1.50 bits per heavy atom. The quantitative estimate of drug-likeness (QED) is 0.596. The Labute approximate surface area is 164 Å². The van der Waals surface area contributed by atoms with Gasteiger partial charge >= 0.3 is 0 Å². The molecule has 2 heterocycles. The van der Waals surface area contributed by atoms with E-state index in [9.17, 15) is 8.78 Å². The van der Waals surface area contributed by atoms with Gasteiger partial charge in [0.2, 0.25) is 0 Å². The average molecular weight is 376 g/mol. The third-order valence-corrected chi connectivity index (χ3v) is 5.19. The van der Waals surface area contributed by atoms with Crippen molar-refractivity contribution in [1.29, 1.82) is 0 Å². The number of benzene rings is 2. The SMILES string of the molecule is Fc1ccc(C2=CCN(CCc3cc(-c4ccc(F)cc4)ccn3)CC2)cc1. The molecule has 0 N–H and O–H groups in total. The van der Waals surface area contributed by atoms with Crippen molar-refractivity contribution >= 4 is 5.57 Å². The lowest BCUT2D eigenvalue weighted by molar-refractivity contribution is 0.305. The van der Waals surface area contributed by atoms with E-state index in [1.54, 1.807) is 12.1 Å². The third-order valence-electron chi connectivity index (χ3n) is 5.19. The van der Waals surface area contributed by atoms with Crippen LogP contribution in [0.5, 0.6) is 0 Å². The van der Waals surface area contributed by atoms with Gasteiger partial charge in [-0.05, 0) is 65.1 Å². The van der Waals surface area contributed by atoms with Crippen molar-refractivity contribution in [3.8, 4) is 11.1 Å². The largest absolute Gasteiger partial charge is 0.299 e. The highest BCUT2D eigenvalue weighted by molar-refractivity contribution is 5.66. The van der Waals surface area contributed by atoms with E-state index >= 15 is 0 Å². The number of halogens is 2. The van der Waals surface area contributed by atoms with Crippen molar-refractivity contribution in [3.63, 3.8) is 0 Å². The summed E-state index contributed by atoms with van der Waals surface area (Å²) in [7, 11) is 0. The maximum Gasteiger partial charge on any atom is 0.123 e. The molecule has 0 bridgehead atoms. The number of hydrogen-bond donors (Lipinski definition) is 0. The fourth-order valence-corrected chi connectivity index (χ4v) is 3.55. The van der Waals surface area contributed by atoms with Crippen LogP contribution in [-0.4, -0.2) is 29.5 Å². The molecule has 0 unspecified atom stereocenters. The molecule has 0 amide bonds. The molecule has 1 aromatic heterocycles. The molecule has 2 nitrogen and oxygen atoms in total. The molecule has 3 aromatic rings. The first-order chi connectivity index (χ1) is 13.7. The molecule has 2 aromatic carbocycles. The van der Waals surface area contributed by atoms with Gasteiger partial charge in [0.1, 0.15) is 11.6 Å². The molecule has 0 saturated carbocycles. The minimum Gasteiger partial charge on any atom is -0.299 e. The summed E-state index contributed by atoms with van der Waals surface area (Å²) in [5.41, 5.74) is 5.48. The van der Waals surface area contributed by atoms with E-state index in [1.807, 2.05) is 24.4 Å². The van der Waals surface area contributed by atoms with Crippen LogP contribution in [0.15, 0.2) is 72.9 Å². The molecular formula is C24H22F2N2. The first kappa shape index (κ1) is 18.5. The van der Waals surface area contributed by atoms with Crippen molar-refractivity contribution in [1.82, 2.24) is 9.88 Å². The maximum absolute atomic E-state index is 13.1. The second-order valence-electron chi connectivity index (χ2n) is 7.08. The van der Waals surface area contributed by atoms with Crippen molar-refractivity contribution in [3.05, 3.63) is 95.8 Å². The Morgan fingerprint density at radius 3 is 2.14 bits per heavy atom. The second kappa shape index (κ2) is 8.44. The van der Waals surface area contributed by atoms with Crippen molar-refractivity contribution < 1.29 is 8.78 Å². The molecule has 1 aliphatic rings. The molecule has 1 aliphatic heterocycles. The molecule has 0 spiro atoms. The Balaban J connectivity index is 1.36. The second-order valence-corrected chi connectivity index (χ2v) is 7.08. The molecule has 0 saturated heterocycles. The van der Waals surface area contributed by atoms with E-state index in [1.165, 1.54) is 29.8 Å². The van der Waals surface area contributed by atoms with E-state index in [-0.39, 0.29) is 11.6 Å². The average Bonchev–Trinajstić information content (AvgIpc) is 2.74. The smallest absolute Gasteiger partial charge is 0.123 e. The van der Waals surface area contributed by atoms with Gasteiger partial charge in [-0.25, -0.2) is 8.78 Å². The number of rotatable bonds is 5. The zero-order valence-electron chi connectivity index (χ0n) is 15.6. The third kappa shape index (κ3) is 4.52. The van der Waals surface area contributed by atoms with Crippen LogP contribution >= 0.6 is 0 Å². The van der Waals surface area contributed by atoms with Crippen LogP contribution in [0.3, 0.4) is 0 Å². The van der Waals surface area contributed by atoms with Gasteiger partial charge in [0.15, 0.2) is 0 Å². The monoisotopic (exact) mass is 376 g/mol. The van der Waals surface area contributed by atoms with Gasteiger partial charge in [-0.3, -0.25) is 9.88 Å². The van der Waals surface area contributed by atoms with Crippen LogP contribution in [0, 0.1) is 11.6 Å². The highest BCUT2D eigenvalue weighted by Crippen LogP contribution is 2.23. The predicted molar refractivity (Wildman–Crippen MR) is 109 cm³/mol. The predicted octanol–water partition coefficient (Wildman–Crippen LogP) is 5.36. The highest BCUT2D eigenvalue weighted by atomic mass is 19.1. The van der Waals surface area contributed by atoms with E-state index in [0.717, 1.165) is 54.9 Å². The van der Waals surface area contributed by atoms with Gasteiger partial charge in [-0.15, -0.1) is 0 Å². The number of pyridine rings is 1. The Bertz CT molecular complexity index is 963. The van der Waals surface area contributed by atoms with E-state index < -0.39 is 0 Å². The van der Waals surface area contributed by atoms with Crippen molar-refractivity contribution in [2.45, 2.75) is 12.8 Å². The van der Waals surface area contributed by atoms with Crippen molar-refractivity contribution in [2.24, 2.45) is 0 Å². The Morgan fingerprint density at radius 1 is 0.821 bits per heavy atom. The molecule has 28 heavy (non-hydrogen) atoms. The number of nitrogens with zero attached hydrogens (tertiary/aromatic N) is 2. The standard InChI is InChI=1S/C24H22F2N2/c25-22-5-1-18(2-6-22)20-10-14-28(15-11-20)16-12-24-17-21(9-13-27-24)19-3-7-23(26)8-4-19/h1-10,13,17H,11-12,14-16H2. The minimum absolute atomic E-state index is 0.197. The molecular weight excluding hydrogens is 354 g/mol. The summed E-state index contributed by atoms with van der Waals surface area (Å²) in [6, 6.07) is 17.3. The number of hydrogen-bond acceptors (Lipinski definition) is 2. The summed E-state index contributed by atoms with van der Waals surface area (Å²) in [5, 5.41) is 0. The van der Waals surface area contributed by atoms with Crippen LogP contribution in [0.25, 0.3) is 16.7 Å². The van der Waals surface area contributed by atoms with Gasteiger partial charge in [0, 0.05) is 37.9 Å². The van der Waals surface area contributed by atoms with E-state index in [4.69, 9.17) is 0 Å². The van der Waals surface area contributed by atoms with Crippen LogP contribution in [0.4, 0.5) is 8.78 Å². The molecule has 0 fully saturated rings. The van der Waals surface area contributed by atoms with Crippen LogP contribution < -0.4 is 0 Å². The fourth-order valence-electron chi connectivity index (χ4n) is 3.55. The van der Waals surface area contributed by atoms with Crippen molar-refractivity contribution in [2.75, 3.05) is 19.6 Å². The lowest BCUT2D eigenvalue weighted by atomic mass is 9.99.